The van der Waals surface area contributed by atoms with Crippen molar-refractivity contribution in [3.05, 3.63) is 23.8 Å². The lowest BCUT2D eigenvalue weighted by atomic mass is 9.81. The highest BCUT2D eigenvalue weighted by atomic mass is 16.7. The van der Waals surface area contributed by atoms with Crippen LogP contribution in [0.5, 0.6) is 0 Å². The molecular weight excluding hydrogens is 458 g/mol. The molecule has 7 nitrogen and oxygen atoms in total. The monoisotopic (exact) mass is 503 g/mol. The van der Waals surface area contributed by atoms with Gasteiger partial charge >= 0.3 is 0 Å². The van der Waals surface area contributed by atoms with E-state index in [9.17, 15) is 9.59 Å². The van der Waals surface area contributed by atoms with E-state index in [0.29, 0.717) is 18.9 Å². The molecule has 0 radical (unpaired) electrons. The lowest BCUT2D eigenvalue weighted by Gasteiger charge is -2.27. The van der Waals surface area contributed by atoms with Crippen molar-refractivity contribution in [3.8, 4) is 0 Å². The highest BCUT2D eigenvalue weighted by molar-refractivity contribution is 5.94. The molecule has 3 aliphatic heterocycles. The van der Waals surface area contributed by atoms with Gasteiger partial charge in [0, 0.05) is 19.1 Å². The van der Waals surface area contributed by atoms with E-state index < -0.39 is 24.1 Å². The minimum Gasteiger partial charge on any atom is -0.358 e. The Morgan fingerprint density at radius 2 is 1.72 bits per heavy atom. The summed E-state index contributed by atoms with van der Waals surface area (Å²) < 4.78 is 23.9. The SMILES string of the molecule is CCCCCCOC1OC2(CC1NC(=O)/C=C/C(C)=C\C(C)CCCCCC)C1OC1C(=O)C1OC12. The third-order valence-electron chi connectivity index (χ3n) is 7.88. The summed E-state index contributed by atoms with van der Waals surface area (Å²) in [5.74, 6) is 0.348. The summed E-state index contributed by atoms with van der Waals surface area (Å²) in [4.78, 5) is 25.1. The summed E-state index contributed by atoms with van der Waals surface area (Å²) in [6.45, 7) is 9.25. The largest absolute Gasteiger partial charge is 0.358 e. The maximum atomic E-state index is 12.8. The number of unbranched alkanes of at least 4 members (excludes halogenated alkanes) is 6. The van der Waals surface area contributed by atoms with Gasteiger partial charge in [-0.1, -0.05) is 83.4 Å². The van der Waals surface area contributed by atoms with E-state index in [-0.39, 0.29) is 29.9 Å². The Hall–Kier alpha value is -1.54. The summed E-state index contributed by atoms with van der Waals surface area (Å²) >= 11 is 0. The van der Waals surface area contributed by atoms with Crippen molar-refractivity contribution in [2.75, 3.05) is 6.61 Å². The lowest BCUT2D eigenvalue weighted by Crippen LogP contribution is -2.49. The molecule has 4 rings (SSSR count). The number of hydrogen-bond donors (Lipinski definition) is 1. The van der Waals surface area contributed by atoms with Crippen LogP contribution >= 0.6 is 0 Å². The predicted octanol–water partition coefficient (Wildman–Crippen LogP) is 4.78. The van der Waals surface area contributed by atoms with Crippen LogP contribution < -0.4 is 5.32 Å². The number of carbonyl (C=O) groups excluding carboxylic acids is 2. The topological polar surface area (TPSA) is 89.7 Å². The van der Waals surface area contributed by atoms with Crippen molar-refractivity contribution in [1.29, 1.82) is 0 Å². The number of amides is 1. The fraction of sp³-hybridized carbons (Fsp3) is 0.793. The van der Waals surface area contributed by atoms with Crippen LogP contribution in [0.25, 0.3) is 0 Å². The van der Waals surface area contributed by atoms with E-state index in [1.54, 1.807) is 6.08 Å². The lowest BCUT2D eigenvalue weighted by molar-refractivity contribution is -0.186. The first kappa shape index (κ1) is 27.5. The van der Waals surface area contributed by atoms with Crippen molar-refractivity contribution in [3.63, 3.8) is 0 Å². The maximum absolute atomic E-state index is 12.8. The van der Waals surface area contributed by atoms with Crippen LogP contribution in [0.1, 0.15) is 91.9 Å². The van der Waals surface area contributed by atoms with Gasteiger partial charge in [-0.05, 0) is 25.7 Å². The van der Waals surface area contributed by atoms with Crippen LogP contribution in [0.3, 0.4) is 0 Å². The van der Waals surface area contributed by atoms with Crippen molar-refractivity contribution in [1.82, 2.24) is 5.32 Å². The number of epoxide rings is 2. The molecule has 1 aliphatic carbocycles. The second-order valence-corrected chi connectivity index (χ2v) is 11.1. The smallest absolute Gasteiger partial charge is 0.244 e. The van der Waals surface area contributed by atoms with Gasteiger partial charge in [-0.3, -0.25) is 9.59 Å². The minimum atomic E-state index is -0.720. The number of rotatable bonds is 15. The predicted molar refractivity (Wildman–Crippen MR) is 137 cm³/mol. The van der Waals surface area contributed by atoms with Crippen molar-refractivity contribution >= 4 is 11.7 Å². The molecule has 0 aromatic rings. The second-order valence-electron chi connectivity index (χ2n) is 11.1. The van der Waals surface area contributed by atoms with Gasteiger partial charge in [0.15, 0.2) is 12.1 Å². The van der Waals surface area contributed by atoms with E-state index in [1.165, 1.54) is 38.5 Å². The van der Waals surface area contributed by atoms with Crippen LogP contribution in [0.15, 0.2) is 23.8 Å². The zero-order chi connectivity index (χ0) is 25.7. The highest BCUT2D eigenvalue weighted by Crippen LogP contribution is 2.57. The van der Waals surface area contributed by atoms with Crippen molar-refractivity contribution in [2.24, 2.45) is 5.92 Å². The van der Waals surface area contributed by atoms with Crippen molar-refractivity contribution < 1.29 is 28.5 Å². The highest BCUT2D eigenvalue weighted by Gasteiger charge is 2.79. The molecule has 202 valence electrons. The van der Waals surface area contributed by atoms with Crippen LogP contribution in [0, 0.1) is 5.92 Å². The third-order valence-corrected chi connectivity index (χ3v) is 7.88. The molecule has 7 atom stereocenters. The summed E-state index contributed by atoms with van der Waals surface area (Å²) in [6, 6.07) is -0.321. The number of allylic oxidation sites excluding steroid dienone is 3. The second kappa shape index (κ2) is 12.3. The first-order valence-corrected chi connectivity index (χ1v) is 14.2. The number of ether oxygens (including phenoxy) is 4. The molecule has 0 aromatic carbocycles. The molecular formula is C29H45NO6. The van der Waals surface area contributed by atoms with Crippen LogP contribution in [-0.4, -0.2) is 60.6 Å². The fourth-order valence-corrected chi connectivity index (χ4v) is 5.79. The van der Waals surface area contributed by atoms with E-state index in [1.807, 2.05) is 13.0 Å². The number of nitrogens with one attached hydrogen (secondary N) is 1. The standard InChI is InChI=1S/C29H45NO6/c1-5-7-9-11-13-19(3)17-20(4)14-15-22(31)30-21-18-29(36-28(21)33-16-12-10-8-6-2)26-24(34-26)23(32)25-27(29)35-25/h14-15,17,19,21,24-28H,5-13,16,18H2,1-4H3,(H,30,31)/b15-14+,20-17-. The van der Waals surface area contributed by atoms with Gasteiger partial charge in [0.25, 0.3) is 0 Å². The van der Waals surface area contributed by atoms with Crippen LogP contribution in [0.2, 0.25) is 0 Å². The van der Waals surface area contributed by atoms with Gasteiger partial charge in [0.1, 0.15) is 30.0 Å². The van der Waals surface area contributed by atoms with Crippen molar-refractivity contribution in [2.45, 2.75) is 134 Å². The quantitative estimate of drug-likeness (QED) is 0.150. The van der Waals surface area contributed by atoms with Gasteiger partial charge < -0.3 is 24.3 Å². The van der Waals surface area contributed by atoms with Gasteiger partial charge in [0.05, 0.1) is 6.04 Å². The Kier molecular flexibility index (Phi) is 9.42. The molecule has 7 heteroatoms. The normalized spacial score (nSPS) is 35.7. The molecule has 36 heavy (non-hydrogen) atoms. The number of fused-ring (bicyclic) bond motifs is 4. The number of Topliss-reactive ketones (excluding diaryl/α,β-unsaturated/α-hetero) is 1. The molecule has 1 amide bonds. The molecule has 1 saturated carbocycles. The van der Waals surface area contributed by atoms with Gasteiger partial charge in [0.2, 0.25) is 5.91 Å². The van der Waals surface area contributed by atoms with E-state index >= 15 is 0 Å². The zero-order valence-electron chi connectivity index (χ0n) is 22.5. The maximum Gasteiger partial charge on any atom is 0.244 e. The third kappa shape index (κ3) is 6.47. The van der Waals surface area contributed by atoms with E-state index in [4.69, 9.17) is 18.9 Å². The minimum absolute atomic E-state index is 0.0218. The molecule has 3 saturated heterocycles. The molecule has 1 spiro atoms. The fourth-order valence-electron chi connectivity index (χ4n) is 5.79. The first-order chi connectivity index (χ1) is 17.4. The Balaban J connectivity index is 1.32. The Morgan fingerprint density at radius 3 is 2.39 bits per heavy atom. The Morgan fingerprint density at radius 1 is 1.06 bits per heavy atom. The summed E-state index contributed by atoms with van der Waals surface area (Å²) in [7, 11) is 0. The molecule has 1 N–H and O–H groups in total. The van der Waals surface area contributed by atoms with Crippen LogP contribution in [0.4, 0.5) is 0 Å². The summed E-state index contributed by atoms with van der Waals surface area (Å²) in [5, 5.41) is 3.10. The summed E-state index contributed by atoms with van der Waals surface area (Å²) in [6.07, 6.45) is 14.8. The Bertz CT molecular complexity index is 818. The van der Waals surface area contributed by atoms with Gasteiger partial charge in [-0.2, -0.15) is 0 Å². The van der Waals surface area contributed by atoms with E-state index in [2.05, 4.69) is 32.2 Å². The molecule has 0 aromatic heterocycles. The average Bonchev–Trinajstić information content (AvgIpc) is 3.77. The van der Waals surface area contributed by atoms with Gasteiger partial charge in [-0.25, -0.2) is 0 Å². The molecule has 4 fully saturated rings. The molecule has 4 aliphatic rings. The first-order valence-electron chi connectivity index (χ1n) is 14.2. The van der Waals surface area contributed by atoms with E-state index in [0.717, 1.165) is 24.8 Å². The number of ketones is 1. The number of carbonyl (C=O) groups is 2. The van der Waals surface area contributed by atoms with Crippen LogP contribution in [-0.2, 0) is 28.5 Å². The molecule has 0 bridgehead atoms. The average molecular weight is 504 g/mol. The number of hydrogen-bond acceptors (Lipinski definition) is 6. The zero-order valence-corrected chi connectivity index (χ0v) is 22.5. The molecule has 3 heterocycles. The van der Waals surface area contributed by atoms with Gasteiger partial charge in [-0.15, -0.1) is 0 Å². The summed E-state index contributed by atoms with van der Waals surface area (Å²) in [5.41, 5.74) is 0.368. The molecule has 7 unspecified atom stereocenters. The Labute approximate surface area is 216 Å².